The van der Waals surface area contributed by atoms with E-state index >= 15 is 0 Å². The summed E-state index contributed by atoms with van der Waals surface area (Å²) >= 11 is 6.66. The summed E-state index contributed by atoms with van der Waals surface area (Å²) in [6.07, 6.45) is 6.91. The van der Waals surface area contributed by atoms with E-state index in [0.717, 1.165) is 29.0 Å². The molecule has 1 aromatic carbocycles. The standard InChI is InChI=1S/C24H32ClNO3/c1-16(2)19-15-26(12-8-22(28)29)21(27)14-24(19,4)18-6-5-17(20(25)13-18)7-9-23(3)10-11-23/h5-6,13,15-16H,7-12,14H2,1-4H3,(H,28,29)/t24-/m0/s1. The Labute approximate surface area is 178 Å². The maximum absolute atomic E-state index is 12.8. The fourth-order valence-corrected chi connectivity index (χ4v) is 4.62. The third-order valence-electron chi connectivity index (χ3n) is 6.74. The summed E-state index contributed by atoms with van der Waals surface area (Å²) in [6, 6.07) is 6.27. The van der Waals surface area contributed by atoms with Crippen LogP contribution in [0.25, 0.3) is 0 Å². The molecule has 0 radical (unpaired) electrons. The van der Waals surface area contributed by atoms with Gasteiger partial charge in [-0.25, -0.2) is 0 Å². The number of carboxylic acids is 1. The maximum Gasteiger partial charge on any atom is 0.305 e. The monoisotopic (exact) mass is 417 g/mol. The van der Waals surface area contributed by atoms with E-state index in [9.17, 15) is 9.59 Å². The number of rotatable bonds is 8. The Hall–Kier alpha value is -1.81. The van der Waals surface area contributed by atoms with Gasteiger partial charge in [0, 0.05) is 29.6 Å². The van der Waals surface area contributed by atoms with Gasteiger partial charge in [-0.05, 0) is 59.8 Å². The fourth-order valence-electron chi connectivity index (χ4n) is 4.34. The van der Waals surface area contributed by atoms with Gasteiger partial charge in [0.1, 0.15) is 0 Å². The third-order valence-corrected chi connectivity index (χ3v) is 7.09. The SMILES string of the molecule is CC(C)C1=CN(CCC(=O)O)C(=O)C[C@@]1(C)c1ccc(CCC2(C)CC2)c(Cl)c1. The predicted molar refractivity (Wildman–Crippen MR) is 116 cm³/mol. The first kappa shape index (κ1) is 21.9. The normalized spacial score (nSPS) is 23.3. The Bertz CT molecular complexity index is 841. The minimum absolute atomic E-state index is 0.0417. The van der Waals surface area contributed by atoms with Crippen LogP contribution in [0.1, 0.15) is 70.9 Å². The largest absolute Gasteiger partial charge is 0.481 e. The molecule has 3 rings (SSSR count). The molecule has 2 aliphatic rings. The zero-order valence-corrected chi connectivity index (χ0v) is 18.7. The lowest BCUT2D eigenvalue weighted by Crippen LogP contribution is -2.42. The predicted octanol–water partition coefficient (Wildman–Crippen LogP) is 5.58. The van der Waals surface area contributed by atoms with Crippen LogP contribution in [0, 0.1) is 11.3 Å². The van der Waals surface area contributed by atoms with E-state index in [1.165, 1.54) is 18.4 Å². The summed E-state index contributed by atoms with van der Waals surface area (Å²) in [5.41, 5.74) is 3.42. The Morgan fingerprint density at radius 1 is 1.28 bits per heavy atom. The molecule has 29 heavy (non-hydrogen) atoms. The van der Waals surface area contributed by atoms with Crippen molar-refractivity contribution in [2.24, 2.45) is 11.3 Å². The second kappa shape index (κ2) is 8.14. The summed E-state index contributed by atoms with van der Waals surface area (Å²) in [6.45, 7) is 8.86. The average Bonchev–Trinajstić information content (AvgIpc) is 3.37. The van der Waals surface area contributed by atoms with Crippen molar-refractivity contribution in [2.75, 3.05) is 6.54 Å². The van der Waals surface area contributed by atoms with Gasteiger partial charge in [0.2, 0.25) is 5.91 Å². The number of benzene rings is 1. The zero-order valence-electron chi connectivity index (χ0n) is 17.9. The Morgan fingerprint density at radius 3 is 2.52 bits per heavy atom. The molecular weight excluding hydrogens is 386 g/mol. The van der Waals surface area contributed by atoms with Gasteiger partial charge in [-0.3, -0.25) is 9.59 Å². The smallest absolute Gasteiger partial charge is 0.305 e. The van der Waals surface area contributed by atoms with Crippen molar-refractivity contribution < 1.29 is 14.7 Å². The summed E-state index contributed by atoms with van der Waals surface area (Å²) in [5, 5.41) is 9.74. The van der Waals surface area contributed by atoms with Gasteiger partial charge >= 0.3 is 5.97 Å². The quantitative estimate of drug-likeness (QED) is 0.600. The molecule has 0 aromatic heterocycles. The molecule has 1 aliphatic carbocycles. The lowest BCUT2D eigenvalue weighted by molar-refractivity contribution is -0.138. The van der Waals surface area contributed by atoms with E-state index in [4.69, 9.17) is 16.7 Å². The van der Waals surface area contributed by atoms with Crippen LogP contribution in [-0.4, -0.2) is 28.4 Å². The van der Waals surface area contributed by atoms with Crippen LogP contribution in [0.5, 0.6) is 0 Å². The zero-order chi connectivity index (χ0) is 21.4. The number of carbonyl (C=O) groups excluding carboxylic acids is 1. The van der Waals surface area contributed by atoms with Crippen LogP contribution < -0.4 is 0 Å². The van der Waals surface area contributed by atoms with Crippen LogP contribution >= 0.6 is 11.6 Å². The van der Waals surface area contributed by atoms with Crippen molar-refractivity contribution in [3.63, 3.8) is 0 Å². The summed E-state index contributed by atoms with van der Waals surface area (Å²) < 4.78 is 0. The Morgan fingerprint density at radius 2 is 1.97 bits per heavy atom. The van der Waals surface area contributed by atoms with Crippen LogP contribution in [0.4, 0.5) is 0 Å². The van der Waals surface area contributed by atoms with Crippen molar-refractivity contribution in [3.8, 4) is 0 Å². The van der Waals surface area contributed by atoms with Crippen LogP contribution in [0.3, 0.4) is 0 Å². The van der Waals surface area contributed by atoms with Crippen molar-refractivity contribution in [1.29, 1.82) is 0 Å². The third kappa shape index (κ3) is 4.85. The van der Waals surface area contributed by atoms with Gasteiger partial charge in [-0.15, -0.1) is 0 Å². The molecule has 158 valence electrons. The summed E-state index contributed by atoms with van der Waals surface area (Å²) in [7, 11) is 0. The van der Waals surface area contributed by atoms with Gasteiger partial charge < -0.3 is 10.0 Å². The number of carbonyl (C=O) groups is 2. The molecule has 0 saturated heterocycles. The first-order valence-corrected chi connectivity index (χ1v) is 10.9. The Balaban J connectivity index is 1.86. The number of aliphatic carboxylic acids is 1. The lowest BCUT2D eigenvalue weighted by atomic mass is 9.68. The molecule has 0 unspecified atom stereocenters. The van der Waals surface area contributed by atoms with Gasteiger partial charge in [0.05, 0.1) is 6.42 Å². The highest BCUT2D eigenvalue weighted by Crippen LogP contribution is 2.49. The Kier molecular flexibility index (Phi) is 6.14. The molecule has 1 saturated carbocycles. The molecule has 1 N–H and O–H groups in total. The number of allylic oxidation sites excluding steroid dienone is 1. The van der Waals surface area contributed by atoms with Crippen LogP contribution in [0.15, 0.2) is 30.0 Å². The van der Waals surface area contributed by atoms with E-state index in [2.05, 4.69) is 39.8 Å². The first-order valence-electron chi connectivity index (χ1n) is 10.6. The van der Waals surface area contributed by atoms with E-state index in [1.54, 1.807) is 4.90 Å². The highest BCUT2D eigenvalue weighted by Gasteiger charge is 2.40. The van der Waals surface area contributed by atoms with Gasteiger partial charge in [0.25, 0.3) is 0 Å². The molecule has 1 aliphatic heterocycles. The van der Waals surface area contributed by atoms with Crippen molar-refractivity contribution >= 4 is 23.5 Å². The molecule has 1 heterocycles. The molecule has 1 fully saturated rings. The highest BCUT2D eigenvalue weighted by atomic mass is 35.5. The van der Waals surface area contributed by atoms with E-state index in [1.807, 2.05) is 12.3 Å². The average molecular weight is 418 g/mol. The van der Waals surface area contributed by atoms with Crippen molar-refractivity contribution in [2.45, 2.75) is 71.6 Å². The summed E-state index contributed by atoms with van der Waals surface area (Å²) in [5.74, 6) is -0.707. The van der Waals surface area contributed by atoms with E-state index in [-0.39, 0.29) is 24.8 Å². The number of nitrogens with zero attached hydrogens (tertiary/aromatic N) is 1. The van der Waals surface area contributed by atoms with Gasteiger partial charge in [-0.2, -0.15) is 0 Å². The highest BCUT2D eigenvalue weighted by molar-refractivity contribution is 6.31. The maximum atomic E-state index is 12.8. The minimum Gasteiger partial charge on any atom is -0.481 e. The van der Waals surface area contributed by atoms with Crippen molar-refractivity contribution in [3.05, 3.63) is 46.1 Å². The van der Waals surface area contributed by atoms with Crippen LogP contribution in [0.2, 0.25) is 5.02 Å². The molecule has 5 heteroatoms. The molecule has 4 nitrogen and oxygen atoms in total. The number of halogens is 1. The molecule has 0 bridgehead atoms. The number of carboxylic acid groups (broad SMARTS) is 1. The lowest BCUT2D eigenvalue weighted by Gasteiger charge is -2.41. The number of aryl methyl sites for hydroxylation is 1. The van der Waals surface area contributed by atoms with Crippen LogP contribution in [-0.2, 0) is 21.4 Å². The fraction of sp³-hybridized carbons (Fsp3) is 0.583. The molecule has 1 atom stereocenters. The van der Waals surface area contributed by atoms with Gasteiger partial charge in [0.15, 0.2) is 0 Å². The number of hydrogen-bond acceptors (Lipinski definition) is 2. The van der Waals surface area contributed by atoms with E-state index < -0.39 is 11.4 Å². The first-order chi connectivity index (χ1) is 13.5. The number of amides is 1. The molecule has 1 aromatic rings. The van der Waals surface area contributed by atoms with Gasteiger partial charge in [-0.1, -0.05) is 51.4 Å². The summed E-state index contributed by atoms with van der Waals surface area (Å²) in [4.78, 5) is 25.3. The minimum atomic E-state index is -0.895. The number of hydrogen-bond donors (Lipinski definition) is 1. The molecule has 1 amide bonds. The second-order valence-electron chi connectivity index (χ2n) is 9.60. The van der Waals surface area contributed by atoms with E-state index in [0.29, 0.717) is 11.8 Å². The molecule has 0 spiro atoms. The second-order valence-corrected chi connectivity index (χ2v) is 10.0. The molecular formula is C24H32ClNO3. The van der Waals surface area contributed by atoms with Crippen molar-refractivity contribution in [1.82, 2.24) is 4.90 Å². The topological polar surface area (TPSA) is 57.6 Å².